The molecule has 10 heteroatoms. The van der Waals surface area contributed by atoms with E-state index in [4.69, 9.17) is 23.2 Å². The van der Waals surface area contributed by atoms with Crippen molar-refractivity contribution in [3.05, 3.63) is 52.5 Å². The Morgan fingerprint density at radius 2 is 1.54 bits per heavy atom. The van der Waals surface area contributed by atoms with E-state index in [2.05, 4.69) is 15.5 Å². The monoisotopic (exact) mass is 519 g/mol. The molecule has 1 fully saturated rings. The fourth-order valence-electron chi connectivity index (χ4n) is 3.74. The van der Waals surface area contributed by atoms with E-state index in [0.29, 0.717) is 54.0 Å². The molecule has 0 saturated carbocycles. The van der Waals surface area contributed by atoms with Gasteiger partial charge in [0.1, 0.15) is 0 Å². The van der Waals surface area contributed by atoms with E-state index in [1.54, 1.807) is 30.1 Å². The van der Waals surface area contributed by atoms with Crippen molar-refractivity contribution in [1.82, 2.24) is 9.80 Å². The summed E-state index contributed by atoms with van der Waals surface area (Å²) in [5.74, 6) is -0.0402. The van der Waals surface area contributed by atoms with Crippen LogP contribution >= 0.6 is 23.2 Å². The van der Waals surface area contributed by atoms with Crippen LogP contribution in [0.1, 0.15) is 20.3 Å². The molecule has 35 heavy (non-hydrogen) atoms. The number of piperazine rings is 1. The molecule has 1 saturated heterocycles. The molecular formula is C25H31Cl2N5O3. The minimum atomic E-state index is -0.241. The predicted molar refractivity (Wildman–Crippen MR) is 141 cm³/mol. The fraction of sp³-hybridized carbons (Fsp3) is 0.400. The maximum Gasteiger partial charge on any atom is 0.322 e. The number of halogens is 2. The number of benzene rings is 2. The quantitative estimate of drug-likeness (QED) is 0.550. The van der Waals surface area contributed by atoms with Gasteiger partial charge in [0.15, 0.2) is 0 Å². The van der Waals surface area contributed by atoms with Crippen LogP contribution in [0.5, 0.6) is 0 Å². The number of carbonyl (C=O) groups is 3. The number of nitrogens with one attached hydrogen (secondary N) is 2. The SMILES string of the molecule is CC(C)CC(=O)N(C)CC(=O)Nc1ccc(N2CCN(C(=O)Nc3c(Cl)cccc3Cl)CC2)cc1. The zero-order valence-electron chi connectivity index (χ0n) is 20.2. The van der Waals surface area contributed by atoms with Crippen molar-refractivity contribution in [3.63, 3.8) is 0 Å². The third-order valence-electron chi connectivity index (χ3n) is 5.67. The highest BCUT2D eigenvalue weighted by atomic mass is 35.5. The molecule has 1 aliphatic heterocycles. The van der Waals surface area contributed by atoms with Crippen molar-refractivity contribution >= 4 is 58.1 Å². The number of anilines is 3. The Morgan fingerprint density at radius 3 is 2.11 bits per heavy atom. The van der Waals surface area contributed by atoms with E-state index in [0.717, 1.165) is 5.69 Å². The highest BCUT2D eigenvalue weighted by molar-refractivity contribution is 6.39. The molecule has 0 aliphatic carbocycles. The summed E-state index contributed by atoms with van der Waals surface area (Å²) in [6.07, 6.45) is 0.418. The number of amides is 4. The van der Waals surface area contributed by atoms with Gasteiger partial charge in [-0.2, -0.15) is 0 Å². The first kappa shape index (κ1) is 26.6. The van der Waals surface area contributed by atoms with Gasteiger partial charge in [-0.1, -0.05) is 43.1 Å². The van der Waals surface area contributed by atoms with Gasteiger partial charge in [-0.15, -0.1) is 0 Å². The lowest BCUT2D eigenvalue weighted by Gasteiger charge is -2.36. The number of hydrogen-bond donors (Lipinski definition) is 2. The summed E-state index contributed by atoms with van der Waals surface area (Å²) in [4.78, 5) is 42.3. The molecule has 8 nitrogen and oxygen atoms in total. The number of hydrogen-bond acceptors (Lipinski definition) is 4. The first-order valence-electron chi connectivity index (χ1n) is 11.5. The number of urea groups is 1. The van der Waals surface area contributed by atoms with Crippen LogP contribution < -0.4 is 15.5 Å². The average molecular weight is 520 g/mol. The standard InChI is InChI=1S/C25H31Cl2N5O3/c1-17(2)15-23(34)30(3)16-22(33)28-18-7-9-19(10-8-18)31-11-13-32(14-12-31)25(35)29-24-20(26)5-4-6-21(24)27/h4-10,17H,11-16H2,1-3H3,(H,28,33)(H,29,35). The fourth-order valence-corrected chi connectivity index (χ4v) is 4.23. The Labute approximate surface area is 216 Å². The van der Waals surface area contributed by atoms with Gasteiger partial charge in [0.05, 0.1) is 22.3 Å². The molecule has 188 valence electrons. The summed E-state index contributed by atoms with van der Waals surface area (Å²) in [5.41, 5.74) is 2.08. The minimum Gasteiger partial charge on any atom is -0.368 e. The highest BCUT2D eigenvalue weighted by Gasteiger charge is 2.22. The summed E-state index contributed by atoms with van der Waals surface area (Å²) in [5, 5.41) is 6.42. The molecule has 1 aliphatic rings. The van der Waals surface area contributed by atoms with Gasteiger partial charge in [0.2, 0.25) is 11.8 Å². The molecule has 1 heterocycles. The molecule has 4 amide bonds. The number of para-hydroxylation sites is 1. The van der Waals surface area contributed by atoms with E-state index in [1.807, 2.05) is 38.1 Å². The summed E-state index contributed by atoms with van der Waals surface area (Å²) in [6.45, 7) is 6.37. The molecule has 2 aromatic rings. The number of likely N-dealkylation sites (N-methyl/N-ethyl adjacent to an activating group) is 1. The van der Waals surface area contributed by atoms with Gasteiger partial charge in [0.25, 0.3) is 0 Å². The van der Waals surface area contributed by atoms with Crippen LogP contribution in [0.25, 0.3) is 0 Å². The summed E-state index contributed by atoms with van der Waals surface area (Å²) >= 11 is 12.3. The average Bonchev–Trinajstić information content (AvgIpc) is 2.81. The van der Waals surface area contributed by atoms with Crippen molar-refractivity contribution in [1.29, 1.82) is 0 Å². The molecule has 3 rings (SSSR count). The van der Waals surface area contributed by atoms with Crippen LogP contribution in [-0.2, 0) is 9.59 Å². The second-order valence-corrected chi connectivity index (χ2v) is 9.76. The Kier molecular flexibility index (Phi) is 9.23. The maximum absolute atomic E-state index is 12.6. The molecule has 0 bridgehead atoms. The molecule has 0 unspecified atom stereocenters. The van der Waals surface area contributed by atoms with Crippen LogP contribution in [0.2, 0.25) is 10.0 Å². The van der Waals surface area contributed by atoms with Gasteiger partial charge in [0, 0.05) is 51.0 Å². The first-order chi connectivity index (χ1) is 16.6. The van der Waals surface area contributed by atoms with Crippen LogP contribution in [0, 0.1) is 5.92 Å². The lowest BCUT2D eigenvalue weighted by atomic mass is 10.1. The molecule has 2 aromatic carbocycles. The number of nitrogens with zero attached hydrogens (tertiary/aromatic N) is 3. The lowest BCUT2D eigenvalue weighted by molar-refractivity contribution is -0.133. The molecule has 0 spiro atoms. The van der Waals surface area contributed by atoms with Gasteiger partial charge in [-0.3, -0.25) is 9.59 Å². The van der Waals surface area contributed by atoms with Crippen molar-refractivity contribution in [3.8, 4) is 0 Å². The van der Waals surface area contributed by atoms with E-state index < -0.39 is 0 Å². The Morgan fingerprint density at radius 1 is 0.943 bits per heavy atom. The highest BCUT2D eigenvalue weighted by Crippen LogP contribution is 2.30. The van der Waals surface area contributed by atoms with E-state index in [-0.39, 0.29) is 30.3 Å². The van der Waals surface area contributed by atoms with Crippen LogP contribution in [0.3, 0.4) is 0 Å². The van der Waals surface area contributed by atoms with Crippen molar-refractivity contribution in [2.24, 2.45) is 5.92 Å². The van der Waals surface area contributed by atoms with Crippen LogP contribution in [-0.4, -0.2) is 67.4 Å². The topological polar surface area (TPSA) is 85.0 Å². The van der Waals surface area contributed by atoms with Crippen LogP contribution in [0.4, 0.5) is 21.9 Å². The predicted octanol–water partition coefficient (Wildman–Crippen LogP) is 4.79. The zero-order chi connectivity index (χ0) is 25.5. The third kappa shape index (κ3) is 7.50. The van der Waals surface area contributed by atoms with Gasteiger partial charge in [-0.05, 0) is 42.3 Å². The smallest absolute Gasteiger partial charge is 0.322 e. The number of rotatable bonds is 7. The minimum absolute atomic E-state index is 0.0106. The van der Waals surface area contributed by atoms with Gasteiger partial charge >= 0.3 is 6.03 Å². The van der Waals surface area contributed by atoms with Crippen LogP contribution in [0.15, 0.2) is 42.5 Å². The van der Waals surface area contributed by atoms with Gasteiger partial charge in [-0.25, -0.2) is 4.79 Å². The Balaban J connectivity index is 1.48. The van der Waals surface area contributed by atoms with E-state index in [1.165, 1.54) is 4.90 Å². The van der Waals surface area contributed by atoms with E-state index >= 15 is 0 Å². The number of carbonyl (C=O) groups excluding carboxylic acids is 3. The van der Waals surface area contributed by atoms with E-state index in [9.17, 15) is 14.4 Å². The lowest BCUT2D eigenvalue weighted by Crippen LogP contribution is -2.50. The molecular weight excluding hydrogens is 489 g/mol. The molecule has 2 N–H and O–H groups in total. The maximum atomic E-state index is 12.6. The summed E-state index contributed by atoms with van der Waals surface area (Å²) in [7, 11) is 1.64. The normalized spacial score (nSPS) is 13.5. The summed E-state index contributed by atoms with van der Waals surface area (Å²) < 4.78 is 0. The Bertz CT molecular complexity index is 1030. The third-order valence-corrected chi connectivity index (χ3v) is 6.30. The largest absolute Gasteiger partial charge is 0.368 e. The van der Waals surface area contributed by atoms with Crippen molar-refractivity contribution in [2.45, 2.75) is 20.3 Å². The second kappa shape index (κ2) is 12.1. The molecule has 0 atom stereocenters. The second-order valence-electron chi connectivity index (χ2n) is 8.94. The first-order valence-corrected chi connectivity index (χ1v) is 12.3. The van der Waals surface area contributed by atoms with Crippen molar-refractivity contribution < 1.29 is 14.4 Å². The van der Waals surface area contributed by atoms with Crippen molar-refractivity contribution in [2.75, 3.05) is 55.3 Å². The zero-order valence-corrected chi connectivity index (χ0v) is 21.7. The Hall–Kier alpha value is -2.97. The summed E-state index contributed by atoms with van der Waals surface area (Å²) in [6, 6.07) is 12.4. The molecule has 0 radical (unpaired) electrons. The molecule has 0 aromatic heterocycles. The van der Waals surface area contributed by atoms with Gasteiger partial charge < -0.3 is 25.3 Å².